The van der Waals surface area contributed by atoms with Gasteiger partial charge in [-0.25, -0.2) is 0 Å². The molecule has 0 unspecified atom stereocenters. The van der Waals surface area contributed by atoms with Crippen LogP contribution >= 0.6 is 0 Å². The fraction of sp³-hybridized carbons (Fsp3) is 0.143. The number of hydrogen-bond acceptors (Lipinski definition) is 10. The molecule has 484 valence electrons. The Morgan fingerprint density at radius 3 is 0.490 bits per heavy atom. The summed E-state index contributed by atoms with van der Waals surface area (Å²) < 4.78 is 0. The van der Waals surface area contributed by atoms with Gasteiger partial charge < -0.3 is 50.2 Å². The van der Waals surface area contributed by atoms with Crippen molar-refractivity contribution < 1.29 is 69.6 Å². The predicted molar refractivity (Wildman–Crippen MR) is 387 cm³/mol. The molecular formula is C84H88N4O6Zn2. The molecule has 0 amide bonds. The number of rotatable bonds is 12. The number of para-hydroxylation sites is 6. The van der Waals surface area contributed by atoms with Crippen LogP contribution in [0.2, 0.25) is 0 Å². The summed E-state index contributed by atoms with van der Waals surface area (Å²) in [4.78, 5) is 8.72. The van der Waals surface area contributed by atoms with E-state index in [1.807, 2.05) is 267 Å². The van der Waals surface area contributed by atoms with Crippen LogP contribution in [0.3, 0.4) is 0 Å². The molecule has 0 atom stereocenters. The van der Waals surface area contributed by atoms with E-state index < -0.39 is 0 Å². The Bertz CT molecular complexity index is 3290. The third-order valence-corrected chi connectivity index (χ3v) is 13.9. The Morgan fingerprint density at radius 1 is 0.198 bits per heavy atom. The van der Waals surface area contributed by atoms with Gasteiger partial charge in [0.15, 0.2) is 0 Å². The quantitative estimate of drug-likeness (QED) is 0.113. The topological polar surface area (TPSA) is 146 Å². The normalized spacial score (nSPS) is 9.88. The van der Waals surface area contributed by atoms with Gasteiger partial charge >= 0.3 is 39.0 Å². The molecule has 0 aliphatic heterocycles. The Labute approximate surface area is 596 Å². The van der Waals surface area contributed by atoms with Gasteiger partial charge in [0.05, 0.1) is 0 Å². The van der Waals surface area contributed by atoms with Crippen molar-refractivity contribution in [3.05, 3.63) is 328 Å². The van der Waals surface area contributed by atoms with Gasteiger partial charge in [-0.3, -0.25) is 0 Å². The smallest absolute Gasteiger partial charge is 0.872 e. The third kappa shape index (κ3) is 30.7. The van der Waals surface area contributed by atoms with Crippen molar-refractivity contribution in [3.63, 3.8) is 0 Å². The number of hydrogen-bond donors (Lipinski definition) is 2. The molecule has 0 aliphatic rings. The maximum atomic E-state index is 11.4. The molecule has 10 nitrogen and oxygen atoms in total. The number of likely N-dealkylation sites (N-methyl/N-ethyl adjacent to an activating group) is 4. The largest absolute Gasteiger partial charge is 2.00 e. The molecule has 12 heteroatoms. The fourth-order valence-electron chi connectivity index (χ4n) is 8.76. The fourth-order valence-corrected chi connectivity index (χ4v) is 8.76. The number of phenols is 2. The Morgan fingerprint density at radius 2 is 0.333 bits per heavy atom. The van der Waals surface area contributed by atoms with Crippen molar-refractivity contribution in [2.24, 2.45) is 0 Å². The number of nitrogens with zero attached hydrogens (tertiary/aromatic N) is 4. The minimum absolute atomic E-state index is 0. The van der Waals surface area contributed by atoms with E-state index >= 15 is 0 Å². The molecule has 96 heavy (non-hydrogen) atoms. The van der Waals surface area contributed by atoms with E-state index in [1.54, 1.807) is 60.7 Å². The summed E-state index contributed by atoms with van der Waals surface area (Å²) in [5.41, 5.74) is 10.8. The summed E-state index contributed by atoms with van der Waals surface area (Å²) in [5, 5.41) is 64.8. The minimum atomic E-state index is 0. The van der Waals surface area contributed by atoms with E-state index in [2.05, 4.69) is 76.0 Å². The SMILES string of the molecule is CN(C)CCN(C)C.CN(C)CCN(C)C.Oc1ccccc1-c1ccccc1.Oc1ccccc1-c1ccccc1.[O-]c1ccccc1-c1ccccc1.[O-]c1ccccc1-c1ccccc1.[O-]c1ccccc1-c1ccccc1.[O-]c1ccccc1-c1ccccc1.[Zn+2].[Zn+2]. The summed E-state index contributed by atoms with van der Waals surface area (Å²) in [7, 11) is 16.7. The van der Waals surface area contributed by atoms with E-state index in [4.69, 9.17) is 0 Å². The van der Waals surface area contributed by atoms with Crippen molar-refractivity contribution in [2.45, 2.75) is 0 Å². The zero-order valence-electron chi connectivity index (χ0n) is 56.7. The minimum Gasteiger partial charge on any atom is -0.872 e. The molecule has 12 aromatic carbocycles. The average Bonchev–Trinajstić information content (AvgIpc) is 1.09. The van der Waals surface area contributed by atoms with Crippen molar-refractivity contribution in [1.29, 1.82) is 0 Å². The van der Waals surface area contributed by atoms with Crippen LogP contribution in [-0.2, 0) is 39.0 Å². The molecule has 12 aromatic rings. The predicted octanol–water partition coefficient (Wildman–Crippen LogP) is 16.0. The van der Waals surface area contributed by atoms with E-state index in [-0.39, 0.29) is 62.0 Å². The Hall–Kier alpha value is -9.47. The standard InChI is InChI=1S/6C12H10O.2C6H16N2.2Zn/c6*13-12-9-5-4-8-11(12)10-6-2-1-3-7-10;2*1-7(2)5-6-8(3)4;;/h6*1-9,13H;2*5-6H2,1-4H3;;/q;;;;;;;;2*+2/p-4. The first kappa shape index (κ1) is 80.8. The second-order valence-electron chi connectivity index (χ2n) is 22.4. The summed E-state index contributed by atoms with van der Waals surface area (Å²) in [6, 6.07) is 101. The van der Waals surface area contributed by atoms with E-state index in [1.165, 1.54) is 0 Å². The first-order chi connectivity index (χ1) is 45.5. The molecule has 0 radical (unpaired) electrons. The average molecular weight is 1380 g/mol. The van der Waals surface area contributed by atoms with Crippen molar-refractivity contribution >= 4 is 0 Å². The molecule has 0 fully saturated rings. The van der Waals surface area contributed by atoms with Crippen LogP contribution in [0.1, 0.15) is 0 Å². The van der Waals surface area contributed by atoms with Gasteiger partial charge in [-0.1, -0.05) is 315 Å². The molecular weight excluding hydrogens is 1290 g/mol. The first-order valence-corrected chi connectivity index (χ1v) is 31.0. The summed E-state index contributed by atoms with van der Waals surface area (Å²) in [5.74, 6) is 0.965. The van der Waals surface area contributed by atoms with Crippen molar-refractivity contribution in [1.82, 2.24) is 19.6 Å². The van der Waals surface area contributed by atoms with Gasteiger partial charge in [0.1, 0.15) is 11.5 Å². The number of aromatic hydroxyl groups is 2. The van der Waals surface area contributed by atoms with E-state index in [9.17, 15) is 30.6 Å². The first-order valence-electron chi connectivity index (χ1n) is 31.0. The maximum absolute atomic E-state index is 11.4. The van der Waals surface area contributed by atoms with E-state index in [0.29, 0.717) is 11.5 Å². The van der Waals surface area contributed by atoms with Crippen LogP contribution in [-0.4, -0.2) is 112 Å². The van der Waals surface area contributed by atoms with Crippen LogP contribution < -0.4 is 20.4 Å². The molecule has 0 spiro atoms. The monoisotopic (exact) mass is 1380 g/mol. The summed E-state index contributed by atoms with van der Waals surface area (Å²) in [6.45, 7) is 4.58. The van der Waals surface area contributed by atoms with Crippen LogP contribution in [0, 0.1) is 0 Å². The maximum Gasteiger partial charge on any atom is 2.00 e. The zero-order chi connectivity index (χ0) is 67.7. The summed E-state index contributed by atoms with van der Waals surface area (Å²) in [6.07, 6.45) is 0. The van der Waals surface area contributed by atoms with Gasteiger partial charge in [0, 0.05) is 37.3 Å². The van der Waals surface area contributed by atoms with Gasteiger partial charge in [0.2, 0.25) is 0 Å². The number of phenolic OH excluding ortho intramolecular Hbond substituents is 2. The second kappa shape index (κ2) is 46.6. The van der Waals surface area contributed by atoms with Gasteiger partial charge in [-0.05, 0) is 124 Å². The molecule has 12 rings (SSSR count). The summed E-state index contributed by atoms with van der Waals surface area (Å²) >= 11 is 0. The van der Waals surface area contributed by atoms with Crippen LogP contribution in [0.4, 0.5) is 0 Å². The van der Waals surface area contributed by atoms with Crippen molar-refractivity contribution in [2.75, 3.05) is 82.6 Å². The molecule has 0 aromatic heterocycles. The molecule has 0 bridgehead atoms. The second-order valence-corrected chi connectivity index (χ2v) is 22.4. The van der Waals surface area contributed by atoms with Crippen LogP contribution in [0.5, 0.6) is 34.5 Å². The Balaban J connectivity index is 0.000000287. The van der Waals surface area contributed by atoms with Gasteiger partial charge in [0.25, 0.3) is 0 Å². The van der Waals surface area contributed by atoms with Crippen molar-refractivity contribution in [3.8, 4) is 101 Å². The number of benzene rings is 12. The Kier molecular flexibility index (Phi) is 39.2. The zero-order valence-corrected chi connectivity index (χ0v) is 62.7. The van der Waals surface area contributed by atoms with Crippen LogP contribution in [0.25, 0.3) is 66.8 Å². The van der Waals surface area contributed by atoms with Gasteiger partial charge in [-0.2, -0.15) is 0 Å². The van der Waals surface area contributed by atoms with E-state index in [0.717, 1.165) is 92.9 Å². The molecule has 0 heterocycles. The molecule has 0 aliphatic carbocycles. The molecule has 0 saturated carbocycles. The van der Waals surface area contributed by atoms with Gasteiger partial charge in [-0.15, -0.1) is 23.0 Å². The van der Waals surface area contributed by atoms with Crippen LogP contribution in [0.15, 0.2) is 328 Å². The third-order valence-electron chi connectivity index (χ3n) is 13.9. The molecule has 0 saturated heterocycles. The molecule has 2 N–H and O–H groups in total.